The van der Waals surface area contributed by atoms with Gasteiger partial charge in [-0.2, -0.15) is 0 Å². The third kappa shape index (κ3) is 3.16. The fraction of sp³-hybridized carbons (Fsp3) is 0.143. The number of carbonyl (C=O) groups is 2. The molecule has 4 rings (SSSR count). The van der Waals surface area contributed by atoms with Crippen LogP contribution in [0.5, 0.6) is 0 Å². The molecule has 7 heteroatoms. The lowest BCUT2D eigenvalue weighted by Crippen LogP contribution is -2.28. The van der Waals surface area contributed by atoms with Gasteiger partial charge in [0, 0.05) is 15.3 Å². The van der Waals surface area contributed by atoms with Crippen LogP contribution in [0.3, 0.4) is 0 Å². The molecule has 1 atom stereocenters. The normalized spacial score (nSPS) is 18.8. The highest BCUT2D eigenvalue weighted by Crippen LogP contribution is 2.42. The zero-order valence-corrected chi connectivity index (χ0v) is 16.5. The molecule has 0 spiro atoms. The molecular weight excluding hydrogens is 397 g/mol. The number of benzene rings is 1. The number of halogens is 1. The van der Waals surface area contributed by atoms with Crippen LogP contribution in [0.15, 0.2) is 58.8 Å². The zero-order chi connectivity index (χ0) is 19.8. The number of ketones is 1. The Morgan fingerprint density at radius 3 is 2.54 bits per heavy atom. The summed E-state index contributed by atoms with van der Waals surface area (Å²) in [5.74, 6) is -2.06. The molecule has 3 aromatic rings. The number of amides is 1. The van der Waals surface area contributed by atoms with Crippen molar-refractivity contribution in [2.45, 2.75) is 19.5 Å². The van der Waals surface area contributed by atoms with Crippen molar-refractivity contribution >= 4 is 40.1 Å². The van der Waals surface area contributed by atoms with Crippen LogP contribution < -0.4 is 0 Å². The molecule has 1 unspecified atom stereocenters. The molecule has 1 aromatic carbocycles. The first-order valence-corrected chi connectivity index (χ1v) is 10.3. The summed E-state index contributed by atoms with van der Waals surface area (Å²) in [6.45, 7) is 1.86. The summed E-state index contributed by atoms with van der Waals surface area (Å²) in [6, 6.07) is 10.9. The number of aliphatic hydroxyl groups is 1. The second-order valence-corrected chi connectivity index (χ2v) is 8.50. The van der Waals surface area contributed by atoms with Gasteiger partial charge in [0.05, 0.1) is 12.1 Å². The highest BCUT2D eigenvalue weighted by Gasteiger charge is 2.46. The Morgan fingerprint density at radius 1 is 1.14 bits per heavy atom. The number of hydrogen-bond donors (Lipinski definition) is 1. The Hall–Kier alpha value is -2.77. The van der Waals surface area contributed by atoms with Gasteiger partial charge in [-0.25, -0.2) is 4.39 Å². The molecular formula is C21H16FNO3S2. The average molecular weight is 413 g/mol. The molecule has 0 radical (unpaired) electrons. The molecule has 0 aliphatic carbocycles. The third-order valence-corrected chi connectivity index (χ3v) is 6.48. The largest absolute Gasteiger partial charge is 0.507 e. The first kappa shape index (κ1) is 18.6. The first-order valence-electron chi connectivity index (χ1n) is 8.58. The van der Waals surface area contributed by atoms with Crippen molar-refractivity contribution in [2.75, 3.05) is 0 Å². The van der Waals surface area contributed by atoms with Gasteiger partial charge in [-0.1, -0.05) is 12.1 Å². The highest BCUT2D eigenvalue weighted by atomic mass is 32.1. The van der Waals surface area contributed by atoms with E-state index >= 15 is 0 Å². The Morgan fingerprint density at radius 2 is 1.89 bits per heavy atom. The average Bonchev–Trinajstić information content (AvgIpc) is 3.42. The number of likely N-dealkylation sites (tertiary alicyclic amines) is 1. The van der Waals surface area contributed by atoms with Crippen LogP contribution >= 0.6 is 22.7 Å². The summed E-state index contributed by atoms with van der Waals surface area (Å²) in [7, 11) is 0. The van der Waals surface area contributed by atoms with E-state index < -0.39 is 23.5 Å². The number of carbonyl (C=O) groups excluding carboxylic acids is 2. The number of nitrogens with zero attached hydrogens (tertiary/aromatic N) is 1. The molecule has 1 N–H and O–H groups in total. The van der Waals surface area contributed by atoms with E-state index in [0.717, 1.165) is 9.75 Å². The van der Waals surface area contributed by atoms with Gasteiger partial charge in [0.15, 0.2) is 0 Å². The lowest BCUT2D eigenvalue weighted by atomic mass is 9.99. The van der Waals surface area contributed by atoms with Crippen molar-refractivity contribution in [1.82, 2.24) is 4.90 Å². The van der Waals surface area contributed by atoms with Crippen LogP contribution in [-0.2, 0) is 16.1 Å². The molecule has 28 heavy (non-hydrogen) atoms. The van der Waals surface area contributed by atoms with Crippen LogP contribution in [0.25, 0.3) is 5.76 Å². The van der Waals surface area contributed by atoms with Gasteiger partial charge in [-0.3, -0.25) is 9.59 Å². The molecule has 1 aliphatic heterocycles. The Labute approximate surface area is 169 Å². The van der Waals surface area contributed by atoms with E-state index in [9.17, 15) is 19.1 Å². The van der Waals surface area contributed by atoms with Crippen molar-refractivity contribution in [3.63, 3.8) is 0 Å². The van der Waals surface area contributed by atoms with E-state index in [1.54, 1.807) is 6.92 Å². The first-order chi connectivity index (χ1) is 13.5. The monoisotopic (exact) mass is 413 g/mol. The maximum Gasteiger partial charge on any atom is 0.296 e. The number of aliphatic hydroxyl groups excluding tert-OH is 1. The predicted octanol–water partition coefficient (Wildman–Crippen LogP) is 4.88. The number of Topliss-reactive ketones (excluding diaryl/α,β-unsaturated/α-hetero) is 1. The minimum absolute atomic E-state index is 0.0371. The SMILES string of the molecule is Cc1cc(/C(O)=C2/C(=O)C(=O)N(Cc3cccs3)C2c2cccs2)ccc1F. The van der Waals surface area contributed by atoms with Crippen molar-refractivity contribution in [3.05, 3.63) is 85.5 Å². The van der Waals surface area contributed by atoms with E-state index in [-0.39, 0.29) is 17.9 Å². The van der Waals surface area contributed by atoms with Crippen LogP contribution in [0, 0.1) is 12.7 Å². The number of thiophene rings is 2. The molecule has 3 heterocycles. The van der Waals surface area contributed by atoms with E-state index in [4.69, 9.17) is 0 Å². The Balaban J connectivity index is 1.85. The summed E-state index contributed by atoms with van der Waals surface area (Å²) in [6.07, 6.45) is 0. The maximum absolute atomic E-state index is 13.6. The zero-order valence-electron chi connectivity index (χ0n) is 14.9. The number of rotatable bonds is 4. The quantitative estimate of drug-likeness (QED) is 0.377. The molecule has 1 fully saturated rings. The van der Waals surface area contributed by atoms with Crippen LogP contribution in [0.2, 0.25) is 0 Å². The summed E-state index contributed by atoms with van der Waals surface area (Å²) < 4.78 is 13.6. The predicted molar refractivity (Wildman–Crippen MR) is 108 cm³/mol. The standard InChI is InChI=1S/C21H16FNO3S2/c1-12-10-13(6-7-15(12)22)19(24)17-18(16-5-3-9-28-16)23(21(26)20(17)25)11-14-4-2-8-27-14/h2-10,18,24H,11H2,1H3/b19-17-. The summed E-state index contributed by atoms with van der Waals surface area (Å²) in [5, 5.41) is 14.7. The second-order valence-electron chi connectivity index (χ2n) is 6.49. The Bertz CT molecular complexity index is 1070. The molecule has 1 aliphatic rings. The van der Waals surface area contributed by atoms with Gasteiger partial charge < -0.3 is 10.0 Å². The van der Waals surface area contributed by atoms with Crippen molar-refractivity contribution < 1.29 is 19.1 Å². The third-order valence-electron chi connectivity index (χ3n) is 4.69. The molecule has 142 valence electrons. The van der Waals surface area contributed by atoms with Crippen LogP contribution in [-0.4, -0.2) is 21.7 Å². The fourth-order valence-electron chi connectivity index (χ4n) is 3.30. The Kier molecular flexibility index (Phi) is 4.87. The lowest BCUT2D eigenvalue weighted by Gasteiger charge is -2.23. The summed E-state index contributed by atoms with van der Waals surface area (Å²) in [4.78, 5) is 28.8. The summed E-state index contributed by atoms with van der Waals surface area (Å²) >= 11 is 2.91. The van der Waals surface area contributed by atoms with E-state index in [1.165, 1.54) is 45.8 Å². The topological polar surface area (TPSA) is 57.6 Å². The van der Waals surface area contributed by atoms with Gasteiger partial charge in [-0.15, -0.1) is 22.7 Å². The molecule has 2 aromatic heterocycles. The molecule has 1 amide bonds. The fourth-order valence-corrected chi connectivity index (χ4v) is 4.85. The van der Waals surface area contributed by atoms with E-state index in [1.807, 2.05) is 35.0 Å². The van der Waals surface area contributed by atoms with Crippen molar-refractivity contribution in [1.29, 1.82) is 0 Å². The van der Waals surface area contributed by atoms with Crippen molar-refractivity contribution in [2.24, 2.45) is 0 Å². The number of hydrogen-bond acceptors (Lipinski definition) is 5. The van der Waals surface area contributed by atoms with Gasteiger partial charge in [0.2, 0.25) is 0 Å². The van der Waals surface area contributed by atoms with E-state index in [0.29, 0.717) is 11.1 Å². The molecule has 0 bridgehead atoms. The number of aryl methyl sites for hydroxylation is 1. The minimum atomic E-state index is -0.727. The van der Waals surface area contributed by atoms with Gasteiger partial charge in [0.25, 0.3) is 11.7 Å². The van der Waals surface area contributed by atoms with Gasteiger partial charge >= 0.3 is 0 Å². The van der Waals surface area contributed by atoms with Gasteiger partial charge in [0.1, 0.15) is 17.6 Å². The van der Waals surface area contributed by atoms with E-state index in [2.05, 4.69) is 0 Å². The van der Waals surface area contributed by atoms with Crippen molar-refractivity contribution in [3.8, 4) is 0 Å². The maximum atomic E-state index is 13.6. The minimum Gasteiger partial charge on any atom is -0.507 e. The molecule has 1 saturated heterocycles. The summed E-state index contributed by atoms with van der Waals surface area (Å²) in [5.41, 5.74) is 0.703. The second kappa shape index (κ2) is 7.33. The van der Waals surface area contributed by atoms with Gasteiger partial charge in [-0.05, 0) is 53.6 Å². The highest BCUT2D eigenvalue weighted by molar-refractivity contribution is 7.10. The smallest absolute Gasteiger partial charge is 0.296 e. The van der Waals surface area contributed by atoms with Crippen LogP contribution in [0.4, 0.5) is 4.39 Å². The van der Waals surface area contributed by atoms with Crippen LogP contribution in [0.1, 0.15) is 26.9 Å². The molecule has 4 nitrogen and oxygen atoms in total. The molecule has 0 saturated carbocycles. The lowest BCUT2D eigenvalue weighted by molar-refractivity contribution is -0.140.